The highest BCUT2D eigenvalue weighted by molar-refractivity contribution is 5.81. The highest BCUT2D eigenvalue weighted by Gasteiger charge is 2.13. The Balaban J connectivity index is 2.24. The first-order chi connectivity index (χ1) is 9.90. The molecule has 0 saturated carbocycles. The molecule has 1 amide bonds. The molecule has 5 nitrogen and oxygen atoms in total. The number of carbonyl (C=O) groups excluding carboxylic acids is 1. The fourth-order valence-corrected chi connectivity index (χ4v) is 2.21. The number of rotatable bonds is 5. The van der Waals surface area contributed by atoms with Crippen LogP contribution in [0.4, 0.5) is 0 Å². The Bertz CT molecular complexity index is 625. The summed E-state index contributed by atoms with van der Waals surface area (Å²) in [5.41, 5.74) is 2.22. The van der Waals surface area contributed by atoms with E-state index in [1.54, 1.807) is 13.2 Å². The predicted octanol–water partition coefficient (Wildman–Crippen LogP) is 2.06. The minimum atomic E-state index is 0.0437. The van der Waals surface area contributed by atoms with Gasteiger partial charge in [-0.05, 0) is 38.5 Å². The number of aryl methyl sites for hydroxylation is 1. The topological polar surface area (TPSA) is 59.0 Å². The molecule has 0 saturated heterocycles. The summed E-state index contributed by atoms with van der Waals surface area (Å²) in [7, 11) is 1.66. The summed E-state index contributed by atoms with van der Waals surface area (Å²) in [6.07, 6.45) is 4.35. The van der Waals surface area contributed by atoms with Gasteiger partial charge in [0.1, 0.15) is 5.65 Å². The van der Waals surface area contributed by atoms with Gasteiger partial charge in [0.2, 0.25) is 5.91 Å². The molecule has 0 bridgehead atoms. The summed E-state index contributed by atoms with van der Waals surface area (Å²) in [6.45, 7) is 7.88. The molecule has 2 heterocycles. The van der Waals surface area contributed by atoms with E-state index in [1.165, 1.54) is 5.56 Å². The number of amides is 1. The number of hydrogen-bond acceptors (Lipinski definition) is 3. The maximum atomic E-state index is 11.4. The van der Waals surface area contributed by atoms with E-state index in [-0.39, 0.29) is 11.4 Å². The Hall–Kier alpha value is -1.88. The van der Waals surface area contributed by atoms with Crippen molar-refractivity contribution in [1.82, 2.24) is 20.2 Å². The predicted molar refractivity (Wildman–Crippen MR) is 85.0 cm³/mol. The van der Waals surface area contributed by atoms with Gasteiger partial charge in [0.15, 0.2) is 0 Å². The fraction of sp³-hybridized carbons (Fsp3) is 0.500. The van der Waals surface area contributed by atoms with Gasteiger partial charge in [0, 0.05) is 49.9 Å². The van der Waals surface area contributed by atoms with Gasteiger partial charge in [-0.3, -0.25) is 4.79 Å². The van der Waals surface area contributed by atoms with Gasteiger partial charge < -0.3 is 15.2 Å². The normalized spacial score (nSPS) is 11.8. The number of hydrogen-bond donors (Lipinski definition) is 2. The van der Waals surface area contributed by atoms with Crippen molar-refractivity contribution in [2.45, 2.75) is 45.8 Å². The molecule has 0 atom stereocenters. The molecule has 114 valence electrons. The molecule has 2 aromatic rings. The number of pyridine rings is 1. The molecular formula is C16H24N4O. The number of fused-ring (bicyclic) bond motifs is 1. The van der Waals surface area contributed by atoms with Crippen molar-refractivity contribution in [3.63, 3.8) is 0 Å². The third kappa shape index (κ3) is 4.04. The second-order valence-electron chi connectivity index (χ2n) is 6.25. The van der Waals surface area contributed by atoms with Crippen molar-refractivity contribution in [1.29, 1.82) is 0 Å². The first kappa shape index (κ1) is 15.5. The van der Waals surface area contributed by atoms with Gasteiger partial charge in [-0.2, -0.15) is 0 Å². The van der Waals surface area contributed by atoms with Gasteiger partial charge in [0.05, 0.1) is 0 Å². The third-order valence-electron chi connectivity index (χ3n) is 3.38. The quantitative estimate of drug-likeness (QED) is 0.885. The number of nitrogens with zero attached hydrogens (tertiary/aromatic N) is 2. The Morgan fingerprint density at radius 1 is 1.38 bits per heavy atom. The lowest BCUT2D eigenvalue weighted by Crippen LogP contribution is -2.35. The molecule has 0 aromatic carbocycles. The zero-order valence-corrected chi connectivity index (χ0v) is 13.2. The van der Waals surface area contributed by atoms with Crippen molar-refractivity contribution >= 4 is 16.9 Å². The van der Waals surface area contributed by atoms with E-state index in [0.29, 0.717) is 13.0 Å². The summed E-state index contributed by atoms with van der Waals surface area (Å²) in [6, 6.07) is 4.03. The molecule has 2 rings (SSSR count). The maximum absolute atomic E-state index is 11.4. The van der Waals surface area contributed by atoms with E-state index in [1.807, 2.05) is 6.07 Å². The lowest BCUT2D eigenvalue weighted by atomic mass is 10.1. The average molecular weight is 288 g/mol. The molecule has 5 heteroatoms. The molecule has 0 aliphatic rings. The summed E-state index contributed by atoms with van der Waals surface area (Å²) >= 11 is 0. The first-order valence-corrected chi connectivity index (χ1v) is 7.29. The van der Waals surface area contributed by atoms with Crippen LogP contribution in [0, 0.1) is 0 Å². The smallest absolute Gasteiger partial charge is 0.221 e. The zero-order chi connectivity index (χ0) is 15.5. The molecule has 0 spiro atoms. The van der Waals surface area contributed by atoms with Crippen LogP contribution in [0.3, 0.4) is 0 Å². The number of nitrogens with one attached hydrogen (secondary N) is 2. The van der Waals surface area contributed by atoms with Crippen molar-refractivity contribution in [2.24, 2.45) is 0 Å². The van der Waals surface area contributed by atoms with Gasteiger partial charge in [0.25, 0.3) is 0 Å². The zero-order valence-electron chi connectivity index (χ0n) is 13.2. The van der Waals surface area contributed by atoms with E-state index in [0.717, 1.165) is 17.6 Å². The van der Waals surface area contributed by atoms with E-state index in [9.17, 15) is 4.79 Å². The standard InChI is InChI=1S/C16H24N4O/c1-16(2,3)19-10-12-11-20(9-7-14(21)17-4)15-13(12)6-5-8-18-15/h5-6,8,11,19H,7,9-10H2,1-4H3,(H,17,21). The first-order valence-electron chi connectivity index (χ1n) is 7.29. The van der Waals surface area contributed by atoms with E-state index < -0.39 is 0 Å². The monoisotopic (exact) mass is 288 g/mol. The molecule has 21 heavy (non-hydrogen) atoms. The third-order valence-corrected chi connectivity index (χ3v) is 3.38. The van der Waals surface area contributed by atoms with Crippen LogP contribution >= 0.6 is 0 Å². The maximum Gasteiger partial charge on any atom is 0.221 e. The Labute approximate surface area is 125 Å². The van der Waals surface area contributed by atoms with Gasteiger partial charge in [-0.15, -0.1) is 0 Å². The van der Waals surface area contributed by atoms with Crippen molar-refractivity contribution < 1.29 is 4.79 Å². The van der Waals surface area contributed by atoms with Crippen LogP contribution in [0.1, 0.15) is 32.8 Å². The second-order valence-corrected chi connectivity index (χ2v) is 6.25. The lowest BCUT2D eigenvalue weighted by molar-refractivity contribution is -0.120. The van der Waals surface area contributed by atoms with Gasteiger partial charge in [-0.25, -0.2) is 4.98 Å². The summed E-state index contributed by atoms with van der Waals surface area (Å²) in [4.78, 5) is 15.9. The van der Waals surface area contributed by atoms with Crippen LogP contribution in [0.15, 0.2) is 24.5 Å². The Morgan fingerprint density at radius 3 is 2.81 bits per heavy atom. The summed E-state index contributed by atoms with van der Waals surface area (Å²) in [5, 5.41) is 7.29. The lowest BCUT2D eigenvalue weighted by Gasteiger charge is -2.20. The van der Waals surface area contributed by atoms with Crippen molar-refractivity contribution in [3.05, 3.63) is 30.1 Å². The highest BCUT2D eigenvalue weighted by Crippen LogP contribution is 2.20. The Kier molecular flexibility index (Phi) is 4.63. The summed E-state index contributed by atoms with van der Waals surface area (Å²) in [5.74, 6) is 0.0437. The van der Waals surface area contributed by atoms with Gasteiger partial charge in [-0.1, -0.05) is 0 Å². The molecule has 2 aromatic heterocycles. The van der Waals surface area contributed by atoms with E-state index in [4.69, 9.17) is 0 Å². The number of carbonyl (C=O) groups is 1. The Morgan fingerprint density at radius 2 is 2.14 bits per heavy atom. The molecule has 0 fully saturated rings. The molecule has 2 N–H and O–H groups in total. The largest absolute Gasteiger partial charge is 0.359 e. The molecule has 0 aliphatic heterocycles. The van der Waals surface area contributed by atoms with Crippen LogP contribution in [-0.4, -0.2) is 28.0 Å². The van der Waals surface area contributed by atoms with Gasteiger partial charge >= 0.3 is 0 Å². The average Bonchev–Trinajstić information content (AvgIpc) is 2.80. The van der Waals surface area contributed by atoms with Crippen LogP contribution in [0.5, 0.6) is 0 Å². The number of aromatic nitrogens is 2. The SMILES string of the molecule is CNC(=O)CCn1cc(CNC(C)(C)C)c2cccnc21. The van der Waals surface area contributed by atoms with Crippen LogP contribution in [0.2, 0.25) is 0 Å². The minimum Gasteiger partial charge on any atom is -0.359 e. The fourth-order valence-electron chi connectivity index (χ4n) is 2.21. The molecule has 0 radical (unpaired) electrons. The van der Waals surface area contributed by atoms with Crippen molar-refractivity contribution in [3.8, 4) is 0 Å². The van der Waals surface area contributed by atoms with Crippen LogP contribution in [0.25, 0.3) is 11.0 Å². The van der Waals surface area contributed by atoms with Crippen LogP contribution in [-0.2, 0) is 17.9 Å². The highest BCUT2D eigenvalue weighted by atomic mass is 16.1. The summed E-state index contributed by atoms with van der Waals surface area (Å²) < 4.78 is 2.06. The molecular weight excluding hydrogens is 264 g/mol. The minimum absolute atomic E-state index is 0.0437. The van der Waals surface area contributed by atoms with Crippen molar-refractivity contribution in [2.75, 3.05) is 7.05 Å². The van der Waals surface area contributed by atoms with E-state index in [2.05, 4.69) is 53.2 Å². The second kappa shape index (κ2) is 6.26. The van der Waals surface area contributed by atoms with Crippen LogP contribution < -0.4 is 10.6 Å². The molecule has 0 unspecified atom stereocenters. The molecule has 0 aliphatic carbocycles. The van der Waals surface area contributed by atoms with E-state index >= 15 is 0 Å².